The Morgan fingerprint density at radius 1 is 0.551 bits per heavy atom. The highest BCUT2D eigenvalue weighted by Gasteiger charge is 2.20. The van der Waals surface area contributed by atoms with Gasteiger partial charge in [0.2, 0.25) is 0 Å². The predicted octanol–water partition coefficient (Wildman–Crippen LogP) is 17.3. The number of fused-ring (bicyclic) bond motifs is 9. The fourth-order valence-electron chi connectivity index (χ4n) is 10.1. The summed E-state index contributed by atoms with van der Waals surface area (Å²) in [7, 11) is 0. The van der Waals surface area contributed by atoms with E-state index in [1.54, 1.807) is 0 Å². The van der Waals surface area contributed by atoms with Crippen LogP contribution in [0.2, 0.25) is 0 Å². The van der Waals surface area contributed by atoms with Gasteiger partial charge in [0.15, 0.2) is 0 Å². The van der Waals surface area contributed by atoms with Gasteiger partial charge in [-0.1, -0.05) is 164 Å². The van der Waals surface area contributed by atoms with Crippen LogP contribution in [0.3, 0.4) is 0 Å². The Bertz CT molecular complexity index is 3210. The Hall–Kier alpha value is -5.85. The molecule has 0 saturated carbocycles. The number of benzene rings is 6. The molecule has 6 heteroatoms. The molecule has 0 amide bonds. The topological polar surface area (TPSA) is 73.3 Å². The highest BCUT2D eigenvalue weighted by Crippen LogP contribution is 2.38. The fraction of sp³-hybridized carbons (Fsp3) is 0.349. The average Bonchev–Trinajstić information content (AvgIpc) is 3.72. The van der Waals surface area contributed by atoms with Crippen LogP contribution in [0.25, 0.3) is 60.3 Å². The highest BCUT2D eigenvalue weighted by molar-refractivity contribution is 9.09. The lowest BCUT2D eigenvalue weighted by Crippen LogP contribution is -2.05. The number of aldehydes is 1. The number of aromatic nitrogens is 3. The minimum atomic E-state index is -0.168. The number of carbonyl (C=O) groups is 1. The zero-order valence-electron chi connectivity index (χ0n) is 42.5. The summed E-state index contributed by atoms with van der Waals surface area (Å²) in [6.07, 6.45) is 7.39. The zero-order chi connectivity index (χ0) is 49.0. The molecule has 5 nitrogen and oxygen atoms in total. The monoisotopic (exact) mass is 983 g/mol. The van der Waals surface area contributed by atoms with Gasteiger partial charge in [0, 0.05) is 27.1 Å². The van der Waals surface area contributed by atoms with Crippen molar-refractivity contribution >= 4 is 77.0 Å². The summed E-state index contributed by atoms with van der Waals surface area (Å²) in [4.78, 5) is 20.0. The van der Waals surface area contributed by atoms with Crippen LogP contribution in [0.5, 0.6) is 0 Å². The lowest BCUT2D eigenvalue weighted by atomic mass is 9.90. The van der Waals surface area contributed by atoms with Gasteiger partial charge >= 0.3 is 0 Å². The third-order valence-electron chi connectivity index (χ3n) is 13.0. The van der Waals surface area contributed by atoms with Gasteiger partial charge in [-0.2, -0.15) is 0 Å². The quantitative estimate of drug-likeness (QED) is 0.0796. The Morgan fingerprint density at radius 3 is 1.49 bits per heavy atom. The number of hydrogen-bond donors (Lipinski definition) is 1. The maximum atomic E-state index is 10.6. The second kappa shape index (κ2) is 22.7. The molecule has 2 N–H and O–H groups in total. The van der Waals surface area contributed by atoms with Crippen LogP contribution in [0.1, 0.15) is 118 Å². The summed E-state index contributed by atoms with van der Waals surface area (Å²) in [6, 6.07) is 39.2. The summed E-state index contributed by atoms with van der Waals surface area (Å²) in [5.41, 5.74) is 23.8. The van der Waals surface area contributed by atoms with Crippen molar-refractivity contribution < 1.29 is 4.79 Å². The van der Waals surface area contributed by atoms with Crippen LogP contribution < -0.4 is 5.73 Å². The number of rotatable bonds is 11. The molecule has 9 rings (SSSR count). The minimum absolute atomic E-state index is 0. The smallest absolute Gasteiger partial charge is 0.145 e. The van der Waals surface area contributed by atoms with Crippen molar-refractivity contribution in [1.29, 1.82) is 0 Å². The predicted molar refractivity (Wildman–Crippen MR) is 303 cm³/mol. The molecule has 3 aromatic heterocycles. The summed E-state index contributed by atoms with van der Waals surface area (Å²) in [5.74, 6) is 3.15. The van der Waals surface area contributed by atoms with Crippen molar-refractivity contribution in [2.24, 2.45) is 23.7 Å². The third-order valence-corrected chi connectivity index (χ3v) is 13.7. The SMILES string of the molecule is C.CC(C)Cc1cc2nc(N)c3ccccc3c2cc1CC(C)C.Cc1cccc(C)c1-c1cnc2c3ccccc3c3cc(CC(C)C)c(CC(C)C)cc3n12.Cc1cccc(C)c1C(Br)C=O. The third kappa shape index (κ3) is 11.6. The van der Waals surface area contributed by atoms with Gasteiger partial charge in [-0.3, -0.25) is 4.40 Å². The largest absolute Gasteiger partial charge is 0.383 e. The first-order chi connectivity index (χ1) is 32.5. The summed E-state index contributed by atoms with van der Waals surface area (Å²) in [5, 5.41) is 7.31. The van der Waals surface area contributed by atoms with Crippen molar-refractivity contribution in [3.05, 3.63) is 165 Å². The van der Waals surface area contributed by atoms with Gasteiger partial charge in [-0.25, -0.2) is 9.97 Å². The summed E-state index contributed by atoms with van der Waals surface area (Å²) in [6.45, 7) is 26.8. The zero-order valence-corrected chi connectivity index (χ0v) is 44.1. The van der Waals surface area contributed by atoms with Crippen LogP contribution in [0, 0.1) is 51.4 Å². The number of carbonyl (C=O) groups excluding carboxylic acids is 1. The van der Waals surface area contributed by atoms with Gasteiger partial charge in [0.05, 0.1) is 27.8 Å². The fourth-order valence-corrected chi connectivity index (χ4v) is 10.9. The van der Waals surface area contributed by atoms with Gasteiger partial charge in [-0.05, 0) is 162 Å². The van der Waals surface area contributed by atoms with Crippen molar-refractivity contribution in [2.75, 3.05) is 5.73 Å². The summed E-state index contributed by atoms with van der Waals surface area (Å²) >= 11 is 3.32. The van der Waals surface area contributed by atoms with Gasteiger partial charge in [0.25, 0.3) is 0 Å². The molecule has 6 aromatic carbocycles. The number of hydrogen-bond acceptors (Lipinski definition) is 4. The maximum Gasteiger partial charge on any atom is 0.145 e. The first-order valence-corrected chi connectivity index (χ1v) is 25.5. The molecule has 0 aliphatic carbocycles. The van der Waals surface area contributed by atoms with Crippen LogP contribution in [0.15, 0.2) is 115 Å². The lowest BCUT2D eigenvalue weighted by Gasteiger charge is -2.19. The van der Waals surface area contributed by atoms with Crippen LogP contribution in [0.4, 0.5) is 5.82 Å². The Morgan fingerprint density at radius 2 is 0.986 bits per heavy atom. The number of nitrogen functional groups attached to an aromatic ring is 1. The number of alkyl halides is 1. The van der Waals surface area contributed by atoms with E-state index in [2.05, 4.69) is 186 Å². The molecule has 0 spiro atoms. The molecule has 0 aliphatic heterocycles. The number of imidazole rings is 1. The molecule has 3 heterocycles. The van der Waals surface area contributed by atoms with E-state index in [1.165, 1.54) is 77.1 Å². The molecular formula is C63H75BrN4O. The first kappa shape index (κ1) is 52.5. The number of anilines is 1. The van der Waals surface area contributed by atoms with Crippen molar-refractivity contribution in [1.82, 2.24) is 14.4 Å². The number of nitrogens with zero attached hydrogens (tertiary/aromatic N) is 3. The molecule has 1 unspecified atom stereocenters. The van der Waals surface area contributed by atoms with Crippen molar-refractivity contribution in [3.8, 4) is 11.3 Å². The maximum absolute atomic E-state index is 10.6. The normalized spacial score (nSPS) is 12.0. The molecule has 0 aliphatic rings. The number of aryl methyl sites for hydroxylation is 4. The van der Waals surface area contributed by atoms with Crippen molar-refractivity contribution in [3.63, 3.8) is 0 Å². The van der Waals surface area contributed by atoms with E-state index in [1.807, 2.05) is 38.1 Å². The molecule has 9 aromatic rings. The molecule has 0 saturated heterocycles. The van der Waals surface area contributed by atoms with E-state index in [0.29, 0.717) is 29.5 Å². The van der Waals surface area contributed by atoms with E-state index in [4.69, 9.17) is 10.7 Å². The average molecular weight is 984 g/mol. The van der Waals surface area contributed by atoms with E-state index in [0.717, 1.165) is 65.2 Å². The van der Waals surface area contributed by atoms with E-state index in [9.17, 15) is 4.79 Å². The molecule has 1 atom stereocenters. The van der Waals surface area contributed by atoms with Crippen molar-refractivity contribution in [2.45, 2.75) is 121 Å². The first-order valence-electron chi connectivity index (χ1n) is 24.6. The Kier molecular flexibility index (Phi) is 17.3. The Balaban J connectivity index is 0.000000188. The van der Waals surface area contributed by atoms with Crippen LogP contribution >= 0.6 is 15.9 Å². The molecular weight excluding hydrogens is 909 g/mol. The van der Waals surface area contributed by atoms with Gasteiger partial charge in [-0.15, -0.1) is 0 Å². The van der Waals surface area contributed by atoms with E-state index >= 15 is 0 Å². The molecule has 0 fully saturated rings. The minimum Gasteiger partial charge on any atom is -0.383 e. The van der Waals surface area contributed by atoms with Gasteiger partial charge < -0.3 is 10.5 Å². The second-order valence-electron chi connectivity index (χ2n) is 20.7. The highest BCUT2D eigenvalue weighted by atomic mass is 79.9. The molecule has 360 valence electrons. The Labute approximate surface area is 421 Å². The number of nitrogens with two attached hydrogens (primary N) is 1. The number of pyridine rings is 2. The standard InChI is InChI=1S/C31H34N2.C21H26N2.C10H11BrO.CH4/c1-19(2)14-23-16-27-25-12-7-8-13-26(25)31-32-18-29(30-21(5)10-9-11-22(30)6)33(31)28(27)17-24(23)15-20(3)4;1-13(2)9-15-11-19-17-7-5-6-8-18(17)21(22)23-20(19)12-16(15)10-14(3)4;1-7-4-3-5-8(2)10(7)9(11)6-12;/h7-13,16-20H,14-15H2,1-6H3;5-8,11-14H,9-10H2,1-4H3,(H2,22,23);3-6,9H,1-2H3;1H4. The van der Waals surface area contributed by atoms with Crippen LogP contribution in [-0.2, 0) is 30.5 Å². The molecule has 69 heavy (non-hydrogen) atoms. The van der Waals surface area contributed by atoms with Crippen LogP contribution in [-0.4, -0.2) is 20.7 Å². The number of halogens is 1. The molecule has 0 radical (unpaired) electrons. The van der Waals surface area contributed by atoms with E-state index < -0.39 is 0 Å². The second-order valence-corrected chi connectivity index (χ2v) is 21.7. The van der Waals surface area contributed by atoms with Gasteiger partial charge in [0.1, 0.15) is 17.8 Å². The lowest BCUT2D eigenvalue weighted by molar-refractivity contribution is -0.107. The van der Waals surface area contributed by atoms with E-state index in [-0.39, 0.29) is 12.3 Å². The summed E-state index contributed by atoms with van der Waals surface area (Å²) < 4.78 is 2.41. The molecule has 0 bridgehead atoms.